The maximum atomic E-state index is 4.74. The fourth-order valence-corrected chi connectivity index (χ4v) is 3.07. The number of rotatable bonds is 9. The van der Waals surface area contributed by atoms with E-state index in [9.17, 15) is 0 Å². The van der Waals surface area contributed by atoms with Crippen molar-refractivity contribution in [2.45, 2.75) is 33.6 Å². The summed E-state index contributed by atoms with van der Waals surface area (Å²) in [7, 11) is 0. The third kappa shape index (κ3) is 6.78. The molecule has 1 aromatic rings. The van der Waals surface area contributed by atoms with Gasteiger partial charge in [0, 0.05) is 64.8 Å². The molecule has 1 saturated heterocycles. The van der Waals surface area contributed by atoms with Crippen LogP contribution in [0.1, 0.15) is 33.6 Å². The Hall–Kier alpha value is -1.89. The molecule has 0 spiro atoms. The van der Waals surface area contributed by atoms with Crippen molar-refractivity contribution in [3.05, 3.63) is 18.5 Å². The highest BCUT2D eigenvalue weighted by Gasteiger charge is 2.18. The van der Waals surface area contributed by atoms with Crippen LogP contribution in [0.25, 0.3) is 0 Å². The molecule has 0 atom stereocenters. The van der Waals surface area contributed by atoms with Gasteiger partial charge in [-0.2, -0.15) is 0 Å². The van der Waals surface area contributed by atoms with Crippen molar-refractivity contribution in [1.29, 1.82) is 0 Å². The fourth-order valence-electron chi connectivity index (χ4n) is 3.07. The highest BCUT2D eigenvalue weighted by atomic mass is 15.3. The van der Waals surface area contributed by atoms with Crippen LogP contribution >= 0.6 is 0 Å². The number of aromatic nitrogens is 2. The summed E-state index contributed by atoms with van der Waals surface area (Å²) < 4.78 is 0. The molecule has 0 aliphatic carbocycles. The van der Waals surface area contributed by atoms with Crippen molar-refractivity contribution >= 4 is 11.9 Å². The van der Waals surface area contributed by atoms with E-state index in [1.807, 2.05) is 18.5 Å². The van der Waals surface area contributed by atoms with Crippen LogP contribution in [0.2, 0.25) is 0 Å². The van der Waals surface area contributed by atoms with E-state index in [4.69, 9.17) is 4.99 Å². The van der Waals surface area contributed by atoms with Crippen molar-refractivity contribution in [1.82, 2.24) is 25.5 Å². The number of piperazine rings is 1. The molecule has 0 bridgehead atoms. The molecule has 0 amide bonds. The summed E-state index contributed by atoms with van der Waals surface area (Å²) in [4.78, 5) is 18.2. The van der Waals surface area contributed by atoms with Gasteiger partial charge in [0.15, 0.2) is 5.96 Å². The molecular weight excluding hydrogens is 326 g/mol. The number of guanidine groups is 1. The van der Waals surface area contributed by atoms with E-state index in [-0.39, 0.29) is 0 Å². The van der Waals surface area contributed by atoms with Crippen molar-refractivity contribution < 1.29 is 0 Å². The lowest BCUT2D eigenvalue weighted by Crippen LogP contribution is -2.49. The molecular formula is C19H35N7. The van der Waals surface area contributed by atoms with Crippen LogP contribution < -0.4 is 15.5 Å². The molecule has 7 heteroatoms. The first-order valence-corrected chi connectivity index (χ1v) is 10.0. The minimum Gasteiger partial charge on any atom is -0.357 e. The molecule has 2 heterocycles. The first kappa shape index (κ1) is 20.4. The number of nitrogens with zero attached hydrogens (tertiary/aromatic N) is 5. The maximum absolute atomic E-state index is 4.74. The predicted molar refractivity (Wildman–Crippen MR) is 109 cm³/mol. The van der Waals surface area contributed by atoms with Crippen LogP contribution in [0.15, 0.2) is 23.5 Å². The molecule has 1 aliphatic rings. The average molecular weight is 362 g/mol. The van der Waals surface area contributed by atoms with Crippen molar-refractivity contribution in [3.63, 3.8) is 0 Å². The van der Waals surface area contributed by atoms with E-state index in [1.165, 1.54) is 12.8 Å². The second-order valence-electron chi connectivity index (χ2n) is 6.71. The minimum atomic E-state index is 0.679. The van der Waals surface area contributed by atoms with Gasteiger partial charge in [-0.05, 0) is 18.9 Å². The molecule has 26 heavy (non-hydrogen) atoms. The molecule has 0 radical (unpaired) electrons. The summed E-state index contributed by atoms with van der Waals surface area (Å²) in [6, 6.07) is 1.86. The first-order valence-electron chi connectivity index (χ1n) is 10.0. The highest BCUT2D eigenvalue weighted by molar-refractivity contribution is 5.79. The molecule has 146 valence electrons. The standard InChI is InChI=1S/C19H35N7/c1-4-17(5-2)16-24-18(20-6-3)21-10-11-25-12-14-26(15-13-25)19-22-8-7-9-23-19/h7-9,17H,4-6,10-16H2,1-3H3,(H2,20,21,24). The topological polar surface area (TPSA) is 68.7 Å². The summed E-state index contributed by atoms with van der Waals surface area (Å²) in [5, 5.41) is 6.82. The average Bonchev–Trinajstić information content (AvgIpc) is 2.70. The third-order valence-corrected chi connectivity index (χ3v) is 4.93. The Kier molecular flexibility index (Phi) is 9.17. The smallest absolute Gasteiger partial charge is 0.225 e. The predicted octanol–water partition coefficient (Wildman–Crippen LogP) is 1.59. The van der Waals surface area contributed by atoms with Gasteiger partial charge < -0.3 is 15.5 Å². The van der Waals surface area contributed by atoms with E-state index in [1.54, 1.807) is 0 Å². The van der Waals surface area contributed by atoms with Gasteiger partial charge >= 0.3 is 0 Å². The lowest BCUT2D eigenvalue weighted by atomic mass is 10.0. The number of anilines is 1. The summed E-state index contributed by atoms with van der Waals surface area (Å²) in [6.45, 7) is 14.4. The highest BCUT2D eigenvalue weighted by Crippen LogP contribution is 2.09. The van der Waals surface area contributed by atoms with Crippen LogP contribution in [0, 0.1) is 5.92 Å². The van der Waals surface area contributed by atoms with Gasteiger partial charge in [-0.15, -0.1) is 0 Å². The monoisotopic (exact) mass is 361 g/mol. The summed E-state index contributed by atoms with van der Waals surface area (Å²) >= 11 is 0. The Labute approximate surface area is 158 Å². The maximum Gasteiger partial charge on any atom is 0.225 e. The van der Waals surface area contributed by atoms with Crippen LogP contribution in [0.3, 0.4) is 0 Å². The van der Waals surface area contributed by atoms with E-state index >= 15 is 0 Å². The molecule has 7 nitrogen and oxygen atoms in total. The summed E-state index contributed by atoms with van der Waals surface area (Å²) in [6.07, 6.45) is 5.99. The van der Waals surface area contributed by atoms with Crippen LogP contribution in [-0.4, -0.2) is 73.2 Å². The van der Waals surface area contributed by atoms with E-state index in [2.05, 4.69) is 51.2 Å². The van der Waals surface area contributed by atoms with Gasteiger partial charge in [0.25, 0.3) is 0 Å². The Morgan fingerprint density at radius 2 is 1.77 bits per heavy atom. The third-order valence-electron chi connectivity index (χ3n) is 4.93. The molecule has 1 fully saturated rings. The van der Waals surface area contributed by atoms with Gasteiger partial charge in [0.1, 0.15) is 0 Å². The van der Waals surface area contributed by atoms with Crippen LogP contribution in [0.5, 0.6) is 0 Å². The minimum absolute atomic E-state index is 0.679. The quantitative estimate of drug-likeness (QED) is 0.514. The number of aliphatic imine (C=N–C) groups is 1. The first-order chi connectivity index (χ1) is 12.8. The molecule has 1 aliphatic heterocycles. The van der Waals surface area contributed by atoms with Crippen LogP contribution in [-0.2, 0) is 0 Å². The molecule has 1 aromatic heterocycles. The summed E-state index contributed by atoms with van der Waals surface area (Å²) in [5.74, 6) is 2.46. The van der Waals surface area contributed by atoms with E-state index in [0.29, 0.717) is 5.92 Å². The Bertz CT molecular complexity index is 508. The Balaban J connectivity index is 1.70. The van der Waals surface area contributed by atoms with Crippen LogP contribution in [0.4, 0.5) is 5.95 Å². The van der Waals surface area contributed by atoms with Crippen molar-refractivity contribution in [3.8, 4) is 0 Å². The number of hydrogen-bond donors (Lipinski definition) is 2. The molecule has 0 saturated carbocycles. The Morgan fingerprint density at radius 1 is 1.08 bits per heavy atom. The lowest BCUT2D eigenvalue weighted by molar-refractivity contribution is 0.260. The zero-order valence-corrected chi connectivity index (χ0v) is 16.6. The second kappa shape index (κ2) is 11.7. The summed E-state index contributed by atoms with van der Waals surface area (Å²) in [5.41, 5.74) is 0. The van der Waals surface area contributed by atoms with E-state index in [0.717, 1.165) is 64.3 Å². The second-order valence-corrected chi connectivity index (χ2v) is 6.71. The van der Waals surface area contributed by atoms with Crippen molar-refractivity contribution in [2.75, 3.05) is 57.3 Å². The molecule has 2 N–H and O–H groups in total. The zero-order chi connectivity index (χ0) is 18.6. The van der Waals surface area contributed by atoms with Gasteiger partial charge in [-0.3, -0.25) is 9.89 Å². The molecule has 0 aromatic carbocycles. The fraction of sp³-hybridized carbons (Fsp3) is 0.737. The normalized spacial score (nSPS) is 16.2. The van der Waals surface area contributed by atoms with Gasteiger partial charge in [0.2, 0.25) is 5.95 Å². The molecule has 2 rings (SSSR count). The largest absolute Gasteiger partial charge is 0.357 e. The van der Waals surface area contributed by atoms with Gasteiger partial charge in [-0.25, -0.2) is 9.97 Å². The number of hydrogen-bond acceptors (Lipinski definition) is 5. The molecule has 0 unspecified atom stereocenters. The van der Waals surface area contributed by atoms with E-state index < -0.39 is 0 Å². The van der Waals surface area contributed by atoms with Gasteiger partial charge in [-0.1, -0.05) is 26.7 Å². The Morgan fingerprint density at radius 3 is 2.38 bits per heavy atom. The lowest BCUT2D eigenvalue weighted by Gasteiger charge is -2.34. The van der Waals surface area contributed by atoms with Crippen molar-refractivity contribution in [2.24, 2.45) is 10.9 Å². The van der Waals surface area contributed by atoms with Gasteiger partial charge in [0.05, 0.1) is 0 Å². The SMILES string of the molecule is CCNC(=NCC(CC)CC)NCCN1CCN(c2ncccn2)CC1. The zero-order valence-electron chi connectivity index (χ0n) is 16.6. The number of nitrogens with one attached hydrogen (secondary N) is 2.